The first-order valence-electron chi connectivity index (χ1n) is 7.05. The minimum atomic E-state index is 0.908. The molecular weight excluding hydrogens is 304 g/mol. The predicted octanol–water partition coefficient (Wildman–Crippen LogP) is 2.74. The van der Waals surface area contributed by atoms with Crippen LogP contribution in [-0.2, 0) is 6.54 Å². The molecule has 1 saturated heterocycles. The van der Waals surface area contributed by atoms with E-state index in [0.717, 1.165) is 18.3 Å². The summed E-state index contributed by atoms with van der Waals surface area (Å²) in [6.07, 6.45) is 2.84. The lowest BCUT2D eigenvalue weighted by atomic mass is 10.2. The smallest absolute Gasteiger partial charge is 0.119 e. The van der Waals surface area contributed by atoms with Crippen molar-refractivity contribution in [3.63, 3.8) is 0 Å². The Bertz CT molecular complexity index is 440. The van der Waals surface area contributed by atoms with Crippen molar-refractivity contribution in [2.45, 2.75) is 25.4 Å². The van der Waals surface area contributed by atoms with Crippen LogP contribution in [0, 0.1) is 0 Å². The Labute approximate surface area is 123 Å². The number of halogens is 1. The van der Waals surface area contributed by atoms with Crippen LogP contribution in [0.3, 0.4) is 0 Å². The third-order valence-electron chi connectivity index (χ3n) is 4.12. The van der Waals surface area contributed by atoms with E-state index in [-0.39, 0.29) is 0 Å². The highest BCUT2D eigenvalue weighted by atomic mass is 79.9. The van der Waals surface area contributed by atoms with E-state index in [9.17, 15) is 0 Å². The summed E-state index contributed by atoms with van der Waals surface area (Å²) in [6.45, 7) is 5.83. The molecule has 0 atom stereocenters. The molecule has 0 amide bonds. The van der Waals surface area contributed by atoms with Gasteiger partial charge in [0.1, 0.15) is 5.75 Å². The van der Waals surface area contributed by atoms with Crippen LogP contribution in [0.15, 0.2) is 22.7 Å². The number of benzene rings is 1. The predicted molar refractivity (Wildman–Crippen MR) is 80.6 cm³/mol. The van der Waals surface area contributed by atoms with E-state index in [1.807, 2.05) is 6.07 Å². The number of hydrogen-bond acceptors (Lipinski definition) is 3. The molecule has 3 rings (SSSR count). The van der Waals surface area contributed by atoms with Gasteiger partial charge in [-0.3, -0.25) is 9.80 Å². The lowest BCUT2D eigenvalue weighted by Gasteiger charge is -2.35. The van der Waals surface area contributed by atoms with Gasteiger partial charge in [-0.1, -0.05) is 15.9 Å². The van der Waals surface area contributed by atoms with E-state index in [4.69, 9.17) is 4.74 Å². The van der Waals surface area contributed by atoms with Crippen LogP contribution < -0.4 is 4.74 Å². The average Bonchev–Trinajstić information content (AvgIpc) is 3.27. The Morgan fingerprint density at radius 3 is 2.58 bits per heavy atom. The lowest BCUT2D eigenvalue weighted by molar-refractivity contribution is 0.121. The van der Waals surface area contributed by atoms with Crippen LogP contribution in [0.4, 0.5) is 0 Å². The van der Waals surface area contributed by atoms with E-state index in [1.54, 1.807) is 7.11 Å². The third kappa shape index (κ3) is 3.30. The Morgan fingerprint density at radius 1 is 1.21 bits per heavy atom. The van der Waals surface area contributed by atoms with Crippen molar-refractivity contribution in [3.05, 3.63) is 28.2 Å². The summed E-state index contributed by atoms with van der Waals surface area (Å²) in [4.78, 5) is 5.19. The molecule has 2 fully saturated rings. The van der Waals surface area contributed by atoms with Gasteiger partial charge in [0.15, 0.2) is 0 Å². The number of methoxy groups -OCH3 is 1. The fourth-order valence-corrected chi connectivity index (χ4v) is 3.14. The fraction of sp³-hybridized carbons (Fsp3) is 0.600. The van der Waals surface area contributed by atoms with Crippen LogP contribution in [0.1, 0.15) is 18.4 Å². The van der Waals surface area contributed by atoms with Crippen molar-refractivity contribution < 1.29 is 4.74 Å². The molecule has 0 bridgehead atoms. The van der Waals surface area contributed by atoms with Crippen LogP contribution >= 0.6 is 15.9 Å². The Kier molecular flexibility index (Phi) is 4.10. The van der Waals surface area contributed by atoms with E-state index in [0.29, 0.717) is 0 Å². The Morgan fingerprint density at radius 2 is 1.95 bits per heavy atom. The van der Waals surface area contributed by atoms with E-state index in [2.05, 4.69) is 37.9 Å². The summed E-state index contributed by atoms with van der Waals surface area (Å²) in [7, 11) is 1.72. The number of piperazine rings is 1. The van der Waals surface area contributed by atoms with Gasteiger partial charge in [-0.25, -0.2) is 0 Å². The largest absolute Gasteiger partial charge is 0.497 e. The van der Waals surface area contributed by atoms with Crippen molar-refractivity contribution in [1.82, 2.24) is 9.80 Å². The molecule has 1 heterocycles. The molecule has 4 heteroatoms. The van der Waals surface area contributed by atoms with Crippen LogP contribution in [-0.4, -0.2) is 49.1 Å². The first kappa shape index (κ1) is 13.4. The Balaban J connectivity index is 1.59. The molecule has 0 radical (unpaired) electrons. The number of nitrogens with zero attached hydrogens (tertiary/aromatic N) is 2. The van der Waals surface area contributed by atoms with Gasteiger partial charge in [0, 0.05) is 43.2 Å². The maximum Gasteiger partial charge on any atom is 0.119 e. The standard InChI is InChI=1S/C15H21BrN2O/c1-19-14-4-5-15(16)12(10-14)11-17-6-8-18(9-7-17)13-2-3-13/h4-5,10,13H,2-3,6-9,11H2,1H3. The van der Waals surface area contributed by atoms with Crippen molar-refractivity contribution in [1.29, 1.82) is 0 Å². The molecule has 1 aromatic rings. The summed E-state index contributed by atoms with van der Waals surface area (Å²) < 4.78 is 6.49. The van der Waals surface area contributed by atoms with E-state index >= 15 is 0 Å². The zero-order valence-corrected chi connectivity index (χ0v) is 13.0. The van der Waals surface area contributed by atoms with Gasteiger partial charge in [0.2, 0.25) is 0 Å². The number of rotatable bonds is 4. The molecule has 0 unspecified atom stereocenters. The first-order valence-corrected chi connectivity index (χ1v) is 7.84. The fourth-order valence-electron chi connectivity index (χ4n) is 2.77. The van der Waals surface area contributed by atoms with Gasteiger partial charge in [0.05, 0.1) is 7.11 Å². The molecular formula is C15H21BrN2O. The zero-order chi connectivity index (χ0) is 13.2. The molecule has 2 aliphatic rings. The molecule has 1 aliphatic heterocycles. The summed E-state index contributed by atoms with van der Waals surface area (Å²) in [6, 6.07) is 7.12. The molecule has 19 heavy (non-hydrogen) atoms. The second kappa shape index (κ2) is 5.81. The quantitative estimate of drug-likeness (QED) is 0.847. The maximum atomic E-state index is 5.31. The molecule has 1 aromatic carbocycles. The molecule has 104 valence electrons. The molecule has 0 spiro atoms. The monoisotopic (exact) mass is 324 g/mol. The summed E-state index contributed by atoms with van der Waals surface area (Å²) >= 11 is 3.64. The average molecular weight is 325 g/mol. The van der Waals surface area contributed by atoms with Gasteiger partial charge < -0.3 is 4.74 Å². The maximum absolute atomic E-state index is 5.31. The van der Waals surface area contributed by atoms with E-state index < -0.39 is 0 Å². The van der Waals surface area contributed by atoms with Gasteiger partial charge in [-0.2, -0.15) is 0 Å². The highest BCUT2D eigenvalue weighted by Crippen LogP contribution is 2.28. The van der Waals surface area contributed by atoms with Gasteiger partial charge in [-0.15, -0.1) is 0 Å². The summed E-state index contributed by atoms with van der Waals surface area (Å²) in [5, 5.41) is 0. The van der Waals surface area contributed by atoms with Crippen LogP contribution in [0.25, 0.3) is 0 Å². The minimum absolute atomic E-state index is 0.908. The SMILES string of the molecule is COc1ccc(Br)c(CN2CCN(C3CC3)CC2)c1. The second-order valence-corrected chi connectivity index (χ2v) is 6.35. The van der Waals surface area contributed by atoms with E-state index in [1.165, 1.54) is 49.1 Å². The van der Waals surface area contributed by atoms with Crippen molar-refractivity contribution in [2.24, 2.45) is 0 Å². The van der Waals surface area contributed by atoms with Gasteiger partial charge in [-0.05, 0) is 36.6 Å². The third-order valence-corrected chi connectivity index (χ3v) is 4.89. The molecule has 1 saturated carbocycles. The Hall–Kier alpha value is -0.580. The normalized spacial score (nSPS) is 21.6. The molecule has 0 aromatic heterocycles. The van der Waals surface area contributed by atoms with Crippen LogP contribution in [0.5, 0.6) is 5.75 Å². The topological polar surface area (TPSA) is 15.7 Å². The number of hydrogen-bond donors (Lipinski definition) is 0. The van der Waals surface area contributed by atoms with Gasteiger partial charge >= 0.3 is 0 Å². The van der Waals surface area contributed by atoms with Gasteiger partial charge in [0.25, 0.3) is 0 Å². The highest BCUT2D eigenvalue weighted by molar-refractivity contribution is 9.10. The molecule has 3 nitrogen and oxygen atoms in total. The molecule has 0 N–H and O–H groups in total. The van der Waals surface area contributed by atoms with Crippen LogP contribution in [0.2, 0.25) is 0 Å². The first-order chi connectivity index (χ1) is 9.26. The van der Waals surface area contributed by atoms with Crippen molar-refractivity contribution in [3.8, 4) is 5.75 Å². The summed E-state index contributed by atoms with van der Waals surface area (Å²) in [5.41, 5.74) is 1.32. The zero-order valence-electron chi connectivity index (χ0n) is 11.4. The highest BCUT2D eigenvalue weighted by Gasteiger charge is 2.31. The van der Waals surface area contributed by atoms with Crippen molar-refractivity contribution in [2.75, 3.05) is 33.3 Å². The van der Waals surface area contributed by atoms with Crippen molar-refractivity contribution >= 4 is 15.9 Å². The number of ether oxygens (including phenoxy) is 1. The second-order valence-electron chi connectivity index (χ2n) is 5.50. The lowest BCUT2D eigenvalue weighted by Crippen LogP contribution is -2.46. The minimum Gasteiger partial charge on any atom is -0.497 e. The molecule has 1 aliphatic carbocycles. The summed E-state index contributed by atoms with van der Waals surface area (Å²) in [5.74, 6) is 0.940.